The summed E-state index contributed by atoms with van der Waals surface area (Å²) in [6.45, 7) is 11.7. The molecule has 2 aromatic rings. The maximum atomic E-state index is 6.60. The molecule has 1 aromatic carbocycles. The molecule has 24 heavy (non-hydrogen) atoms. The van der Waals surface area contributed by atoms with Gasteiger partial charge >= 0.3 is 0 Å². The first-order valence-corrected chi connectivity index (χ1v) is 12.7. The summed E-state index contributed by atoms with van der Waals surface area (Å²) in [7, 11) is -1.65. The summed E-state index contributed by atoms with van der Waals surface area (Å²) in [5.41, 5.74) is 2.19. The zero-order chi connectivity index (χ0) is 17.5. The predicted octanol–water partition coefficient (Wildman–Crippen LogP) is 6.37. The average molecular weight is 409 g/mol. The highest BCUT2D eigenvalue weighted by molar-refractivity contribution is 9.10. The molecule has 1 N–H and O–H groups in total. The molecular formula is C19H29BrN2OSi. The molecule has 1 saturated carbocycles. The Bertz CT molecular complexity index is 712. The van der Waals surface area contributed by atoms with Crippen LogP contribution in [0.4, 0.5) is 0 Å². The molecule has 0 saturated heterocycles. The molecule has 3 rings (SSSR count). The van der Waals surface area contributed by atoms with Gasteiger partial charge in [0.05, 0.1) is 11.0 Å². The second-order valence-corrected chi connectivity index (χ2v) is 14.3. The number of aromatic amines is 1. The summed E-state index contributed by atoms with van der Waals surface area (Å²) >= 11 is 3.53. The maximum absolute atomic E-state index is 6.60. The van der Waals surface area contributed by atoms with Gasteiger partial charge in [0.15, 0.2) is 8.32 Å². The minimum absolute atomic E-state index is 0.288. The van der Waals surface area contributed by atoms with Crippen molar-refractivity contribution < 1.29 is 4.43 Å². The van der Waals surface area contributed by atoms with E-state index in [4.69, 9.17) is 9.41 Å². The van der Waals surface area contributed by atoms with Crippen LogP contribution in [0.1, 0.15) is 58.2 Å². The van der Waals surface area contributed by atoms with Crippen molar-refractivity contribution in [3.05, 3.63) is 28.5 Å². The Balaban J connectivity index is 1.64. The molecule has 0 bridgehead atoms. The maximum Gasteiger partial charge on any atom is 0.192 e. The van der Waals surface area contributed by atoms with Gasteiger partial charge in [0.25, 0.3) is 0 Å². The second kappa shape index (κ2) is 6.58. The number of aromatic nitrogens is 2. The van der Waals surface area contributed by atoms with Crippen LogP contribution in [0.25, 0.3) is 11.0 Å². The predicted molar refractivity (Wildman–Crippen MR) is 107 cm³/mol. The van der Waals surface area contributed by atoms with E-state index in [9.17, 15) is 0 Å². The van der Waals surface area contributed by atoms with Crippen molar-refractivity contribution in [3.63, 3.8) is 0 Å². The van der Waals surface area contributed by atoms with E-state index in [2.05, 4.69) is 73.0 Å². The average Bonchev–Trinajstić information content (AvgIpc) is 2.89. The van der Waals surface area contributed by atoms with Crippen LogP contribution in [0.2, 0.25) is 18.1 Å². The lowest BCUT2D eigenvalue weighted by Crippen LogP contribution is -2.44. The number of nitrogens with zero attached hydrogens (tertiary/aromatic N) is 1. The number of hydrogen-bond donors (Lipinski definition) is 1. The fourth-order valence-electron chi connectivity index (χ4n) is 3.24. The van der Waals surface area contributed by atoms with Crippen LogP contribution in [0.3, 0.4) is 0 Å². The van der Waals surface area contributed by atoms with Crippen LogP contribution in [-0.2, 0) is 4.43 Å². The van der Waals surface area contributed by atoms with Gasteiger partial charge in [-0.2, -0.15) is 0 Å². The summed E-state index contributed by atoms with van der Waals surface area (Å²) in [6.07, 6.45) is 5.07. The van der Waals surface area contributed by atoms with Crippen LogP contribution in [0.5, 0.6) is 0 Å². The molecular weight excluding hydrogens is 380 g/mol. The van der Waals surface area contributed by atoms with Crippen LogP contribution in [0.15, 0.2) is 22.7 Å². The van der Waals surface area contributed by atoms with E-state index in [0.717, 1.165) is 34.2 Å². The number of hydrogen-bond acceptors (Lipinski definition) is 2. The number of fused-ring (bicyclic) bond motifs is 1. The van der Waals surface area contributed by atoms with Gasteiger partial charge in [0.2, 0.25) is 0 Å². The standard InChI is InChI=1S/C19H29BrN2OSi/c1-19(2,3)24(4,5)23-15-9-6-13(7-10-15)18-21-16-11-8-14(20)12-17(16)22-18/h8,11-13,15H,6-7,9-10H2,1-5H3,(H,21,22). The lowest BCUT2D eigenvalue weighted by molar-refractivity contribution is 0.129. The molecule has 0 spiro atoms. The van der Waals surface area contributed by atoms with Crippen molar-refractivity contribution >= 4 is 35.3 Å². The van der Waals surface area contributed by atoms with E-state index >= 15 is 0 Å². The molecule has 0 amide bonds. The molecule has 1 aliphatic carbocycles. The van der Waals surface area contributed by atoms with Gasteiger partial charge in [-0.1, -0.05) is 36.7 Å². The zero-order valence-corrected chi connectivity index (χ0v) is 18.0. The van der Waals surface area contributed by atoms with Crippen molar-refractivity contribution in [2.45, 2.75) is 76.6 Å². The summed E-state index contributed by atoms with van der Waals surface area (Å²) in [6, 6.07) is 6.24. The number of nitrogens with one attached hydrogen (secondary N) is 1. The highest BCUT2D eigenvalue weighted by Gasteiger charge is 2.40. The zero-order valence-electron chi connectivity index (χ0n) is 15.4. The monoisotopic (exact) mass is 408 g/mol. The summed E-state index contributed by atoms with van der Waals surface area (Å²) in [5, 5.41) is 0.288. The quantitative estimate of drug-likeness (QED) is 0.598. The molecule has 1 aromatic heterocycles. The Kier molecular flexibility index (Phi) is 4.97. The molecule has 0 unspecified atom stereocenters. The molecule has 3 nitrogen and oxygen atoms in total. The first-order chi connectivity index (χ1) is 11.2. The van der Waals surface area contributed by atoms with Crippen LogP contribution >= 0.6 is 15.9 Å². The Morgan fingerprint density at radius 1 is 1.17 bits per heavy atom. The first-order valence-electron chi connectivity index (χ1n) is 8.99. The fraction of sp³-hybridized carbons (Fsp3) is 0.632. The van der Waals surface area contributed by atoms with Gasteiger partial charge in [-0.05, 0) is 62.0 Å². The molecule has 0 aliphatic heterocycles. The largest absolute Gasteiger partial charge is 0.414 e. The van der Waals surface area contributed by atoms with Gasteiger partial charge < -0.3 is 9.41 Å². The smallest absolute Gasteiger partial charge is 0.192 e. The van der Waals surface area contributed by atoms with E-state index in [1.54, 1.807) is 0 Å². The number of rotatable bonds is 3. The Labute approximate surface area is 154 Å². The van der Waals surface area contributed by atoms with Crippen LogP contribution < -0.4 is 0 Å². The van der Waals surface area contributed by atoms with E-state index in [1.807, 2.05) is 0 Å². The van der Waals surface area contributed by atoms with Gasteiger partial charge in [0.1, 0.15) is 5.82 Å². The first kappa shape index (κ1) is 18.1. The molecule has 1 heterocycles. The number of imidazole rings is 1. The molecule has 0 atom stereocenters. The van der Waals surface area contributed by atoms with E-state index < -0.39 is 8.32 Å². The van der Waals surface area contributed by atoms with Crippen molar-refractivity contribution in [2.75, 3.05) is 0 Å². The Morgan fingerprint density at radius 3 is 2.46 bits per heavy atom. The van der Waals surface area contributed by atoms with E-state index in [-0.39, 0.29) is 5.04 Å². The second-order valence-electron chi connectivity index (χ2n) is 8.64. The fourth-order valence-corrected chi connectivity index (χ4v) is 5.03. The van der Waals surface area contributed by atoms with Crippen molar-refractivity contribution in [1.29, 1.82) is 0 Å². The van der Waals surface area contributed by atoms with Crippen LogP contribution in [-0.4, -0.2) is 24.4 Å². The van der Waals surface area contributed by atoms with Crippen molar-refractivity contribution in [3.8, 4) is 0 Å². The minimum Gasteiger partial charge on any atom is -0.414 e. The summed E-state index contributed by atoms with van der Waals surface area (Å²) in [5.74, 6) is 1.68. The van der Waals surface area contributed by atoms with Gasteiger partial charge in [-0.25, -0.2) is 4.98 Å². The third-order valence-corrected chi connectivity index (χ3v) is 10.8. The van der Waals surface area contributed by atoms with Gasteiger partial charge in [0, 0.05) is 16.5 Å². The third-order valence-electron chi connectivity index (χ3n) is 5.79. The Morgan fingerprint density at radius 2 is 1.83 bits per heavy atom. The van der Waals surface area contributed by atoms with Gasteiger partial charge in [-0.3, -0.25) is 0 Å². The SMILES string of the molecule is CC(C)(C)[Si](C)(C)OC1CCC(c2nc3ccc(Br)cc3[nH]2)CC1. The van der Waals surface area contributed by atoms with Crippen molar-refractivity contribution in [1.82, 2.24) is 9.97 Å². The lowest BCUT2D eigenvalue weighted by Gasteiger charge is -2.41. The molecule has 5 heteroatoms. The normalized spacial score (nSPS) is 22.9. The highest BCUT2D eigenvalue weighted by atomic mass is 79.9. The number of halogens is 1. The number of benzene rings is 1. The Hall–Kier alpha value is -0.653. The molecule has 1 aliphatic rings. The minimum atomic E-state index is -1.65. The molecule has 132 valence electrons. The van der Waals surface area contributed by atoms with Crippen LogP contribution in [0, 0.1) is 0 Å². The summed E-state index contributed by atoms with van der Waals surface area (Å²) < 4.78 is 7.70. The topological polar surface area (TPSA) is 37.9 Å². The van der Waals surface area contributed by atoms with E-state index in [1.165, 1.54) is 12.8 Å². The third kappa shape index (κ3) is 3.78. The lowest BCUT2D eigenvalue weighted by atomic mass is 9.87. The van der Waals surface area contributed by atoms with Crippen molar-refractivity contribution in [2.24, 2.45) is 0 Å². The van der Waals surface area contributed by atoms with Gasteiger partial charge in [-0.15, -0.1) is 0 Å². The summed E-state index contributed by atoms with van der Waals surface area (Å²) in [4.78, 5) is 8.33. The highest BCUT2D eigenvalue weighted by Crippen LogP contribution is 2.41. The number of H-pyrrole nitrogens is 1. The van der Waals surface area contributed by atoms with E-state index in [0.29, 0.717) is 12.0 Å². The molecule has 0 radical (unpaired) electrons. The molecule has 1 fully saturated rings.